The summed E-state index contributed by atoms with van der Waals surface area (Å²) >= 11 is 0. The highest BCUT2D eigenvalue weighted by molar-refractivity contribution is 5.82. The maximum absolute atomic E-state index is 11.6. The Labute approximate surface area is 119 Å². The molecule has 3 N–H and O–H groups in total. The molecule has 0 aliphatic heterocycles. The molecule has 3 unspecified atom stereocenters. The number of hydrogen-bond donors (Lipinski definition) is 3. The van der Waals surface area contributed by atoms with Crippen molar-refractivity contribution in [3.8, 4) is 0 Å². The van der Waals surface area contributed by atoms with E-state index in [1.165, 1.54) is 6.92 Å². The normalized spacial score (nSPS) is 18.1. The molecule has 0 saturated heterocycles. The van der Waals surface area contributed by atoms with Gasteiger partial charge in [-0.25, -0.2) is 0 Å². The van der Waals surface area contributed by atoms with Crippen LogP contribution in [0, 0.1) is 0 Å². The van der Waals surface area contributed by atoms with E-state index in [4.69, 9.17) is 5.11 Å². The van der Waals surface area contributed by atoms with Crippen LogP contribution in [-0.2, 0) is 9.59 Å². The number of carboxylic acid groups (broad SMARTS) is 2. The summed E-state index contributed by atoms with van der Waals surface area (Å²) in [5.74, 6) is -2.77. The Balaban J connectivity index is 5.54. The Hall–Kier alpha value is -1.18. The fraction of sp³-hybridized carbons (Fsp3) is 0.846. The van der Waals surface area contributed by atoms with Crippen molar-refractivity contribution < 1.29 is 34.5 Å². The Morgan fingerprint density at radius 3 is 2.00 bits per heavy atom. The van der Waals surface area contributed by atoms with E-state index >= 15 is 0 Å². The quantitative estimate of drug-likeness (QED) is 0.448. The number of aliphatic hydroxyl groups excluding tert-OH is 2. The molecule has 0 saturated carbocycles. The second-order valence-electron chi connectivity index (χ2n) is 5.99. The summed E-state index contributed by atoms with van der Waals surface area (Å²) in [5, 5.41) is 39.5. The van der Waals surface area contributed by atoms with Crippen molar-refractivity contribution in [1.82, 2.24) is 0 Å². The summed E-state index contributed by atoms with van der Waals surface area (Å²) in [6, 6.07) is 0. The van der Waals surface area contributed by atoms with Crippen LogP contribution < -0.4 is 5.11 Å². The van der Waals surface area contributed by atoms with Crippen LogP contribution in [-0.4, -0.2) is 70.1 Å². The molecule has 0 aromatic rings. The van der Waals surface area contributed by atoms with Gasteiger partial charge in [0.25, 0.3) is 0 Å². The minimum Gasteiger partial charge on any atom is -0.544 e. The number of hydrogen-bond acceptors (Lipinski definition) is 5. The van der Waals surface area contributed by atoms with E-state index in [0.29, 0.717) is 6.42 Å². The smallest absolute Gasteiger partial charge is 0.310 e. The lowest BCUT2D eigenvalue weighted by molar-refractivity contribution is -0.935. The van der Waals surface area contributed by atoms with Crippen molar-refractivity contribution in [2.75, 3.05) is 20.6 Å². The Morgan fingerprint density at radius 2 is 1.70 bits per heavy atom. The standard InChI is InChI=1S/C13H25NO6/c1-9(15)5-6-14(3,4)13(12(19)20,7-10(2)16)8-11(17)18/h9-10,15-16H,5-8H2,1-4H3,(H-,17,18,19,20). The van der Waals surface area contributed by atoms with Crippen molar-refractivity contribution >= 4 is 11.9 Å². The zero-order chi connectivity index (χ0) is 16.1. The highest BCUT2D eigenvalue weighted by Gasteiger charge is 2.49. The van der Waals surface area contributed by atoms with E-state index in [1.54, 1.807) is 21.0 Å². The van der Waals surface area contributed by atoms with E-state index in [9.17, 15) is 24.9 Å². The summed E-state index contributed by atoms with van der Waals surface area (Å²) in [7, 11) is 3.15. The topological polar surface area (TPSA) is 118 Å². The number of carbonyl (C=O) groups excluding carboxylic acids is 1. The maximum atomic E-state index is 11.6. The Kier molecular flexibility index (Phi) is 6.60. The van der Waals surface area contributed by atoms with Gasteiger partial charge >= 0.3 is 5.97 Å². The lowest BCUT2D eigenvalue weighted by atomic mass is 9.84. The number of carbonyl (C=O) groups is 2. The van der Waals surface area contributed by atoms with Gasteiger partial charge in [-0.1, -0.05) is 0 Å². The van der Waals surface area contributed by atoms with Gasteiger partial charge in [0.05, 0.1) is 32.8 Å². The molecule has 0 aromatic heterocycles. The van der Waals surface area contributed by atoms with E-state index in [-0.39, 0.29) is 17.4 Å². The number of quaternary nitrogens is 1. The SMILES string of the molecule is CC(O)CC[N+](C)(C)C(CC(=O)O)(CC(C)O)C(=O)[O-]. The van der Waals surface area contributed by atoms with Gasteiger partial charge in [0.2, 0.25) is 0 Å². The summed E-state index contributed by atoms with van der Waals surface area (Å²) in [5.41, 5.74) is -1.74. The van der Waals surface area contributed by atoms with Gasteiger partial charge < -0.3 is 29.7 Å². The van der Waals surface area contributed by atoms with Crippen molar-refractivity contribution in [3.05, 3.63) is 0 Å². The highest BCUT2D eigenvalue weighted by atomic mass is 16.4. The number of aliphatic hydroxyl groups is 2. The molecular formula is C13H25NO6. The third kappa shape index (κ3) is 4.73. The summed E-state index contributed by atoms with van der Waals surface area (Å²) in [6.07, 6.45) is -2.15. The van der Waals surface area contributed by atoms with E-state index in [2.05, 4.69) is 0 Å². The first kappa shape index (κ1) is 18.8. The molecule has 0 aromatic carbocycles. The monoisotopic (exact) mass is 291 g/mol. The second kappa shape index (κ2) is 7.01. The van der Waals surface area contributed by atoms with Gasteiger partial charge in [-0.3, -0.25) is 4.79 Å². The average Bonchev–Trinajstić information content (AvgIpc) is 2.23. The van der Waals surface area contributed by atoms with Crippen molar-refractivity contribution in [1.29, 1.82) is 0 Å². The van der Waals surface area contributed by atoms with Crippen LogP contribution in [0.2, 0.25) is 0 Å². The predicted molar refractivity (Wildman–Crippen MR) is 69.6 cm³/mol. The molecule has 0 radical (unpaired) electrons. The number of likely N-dealkylation sites (N-methyl/N-ethyl adjacent to an activating group) is 1. The van der Waals surface area contributed by atoms with Crippen LogP contribution in [0.25, 0.3) is 0 Å². The van der Waals surface area contributed by atoms with E-state index in [1.807, 2.05) is 0 Å². The molecule has 0 heterocycles. The molecular weight excluding hydrogens is 266 g/mol. The van der Waals surface area contributed by atoms with E-state index in [0.717, 1.165) is 0 Å². The average molecular weight is 291 g/mol. The third-order valence-electron chi connectivity index (χ3n) is 3.72. The molecule has 0 aliphatic carbocycles. The maximum Gasteiger partial charge on any atom is 0.310 e. The van der Waals surface area contributed by atoms with Gasteiger partial charge in [-0.15, -0.1) is 0 Å². The predicted octanol–water partition coefficient (Wildman–Crippen LogP) is -1.43. The molecule has 7 nitrogen and oxygen atoms in total. The van der Waals surface area contributed by atoms with Crippen LogP contribution in [0.5, 0.6) is 0 Å². The molecule has 0 spiro atoms. The van der Waals surface area contributed by atoms with Gasteiger partial charge in [-0.2, -0.15) is 0 Å². The zero-order valence-corrected chi connectivity index (χ0v) is 12.5. The third-order valence-corrected chi connectivity index (χ3v) is 3.72. The van der Waals surface area contributed by atoms with E-state index < -0.39 is 36.1 Å². The van der Waals surface area contributed by atoms with Gasteiger partial charge in [0, 0.05) is 12.8 Å². The molecule has 118 valence electrons. The first-order valence-electron chi connectivity index (χ1n) is 6.57. The Morgan fingerprint density at radius 1 is 1.20 bits per heavy atom. The minimum absolute atomic E-state index is 0.183. The zero-order valence-electron chi connectivity index (χ0n) is 12.5. The largest absolute Gasteiger partial charge is 0.544 e. The summed E-state index contributed by atoms with van der Waals surface area (Å²) < 4.78 is -0.183. The molecule has 0 bridgehead atoms. The van der Waals surface area contributed by atoms with Crippen LogP contribution in [0.15, 0.2) is 0 Å². The fourth-order valence-electron chi connectivity index (χ4n) is 2.40. The molecule has 0 amide bonds. The molecule has 0 rings (SSSR count). The van der Waals surface area contributed by atoms with Crippen molar-refractivity contribution in [3.63, 3.8) is 0 Å². The minimum atomic E-state index is -1.74. The fourth-order valence-corrected chi connectivity index (χ4v) is 2.40. The Bertz CT molecular complexity index is 353. The second-order valence-corrected chi connectivity index (χ2v) is 5.99. The number of nitrogens with zero attached hydrogens (tertiary/aromatic N) is 1. The van der Waals surface area contributed by atoms with Gasteiger partial charge in [0.1, 0.15) is 12.4 Å². The molecule has 20 heavy (non-hydrogen) atoms. The molecule has 7 heteroatoms. The van der Waals surface area contributed by atoms with Gasteiger partial charge in [0.15, 0.2) is 5.54 Å². The summed E-state index contributed by atoms with van der Waals surface area (Å²) in [4.78, 5) is 22.7. The lowest BCUT2D eigenvalue weighted by Crippen LogP contribution is -2.69. The number of rotatable bonds is 9. The van der Waals surface area contributed by atoms with Crippen LogP contribution in [0.3, 0.4) is 0 Å². The number of carboxylic acids is 2. The van der Waals surface area contributed by atoms with Crippen LogP contribution in [0.4, 0.5) is 0 Å². The van der Waals surface area contributed by atoms with Crippen molar-refractivity contribution in [2.24, 2.45) is 0 Å². The molecule has 0 aliphatic rings. The van der Waals surface area contributed by atoms with Crippen LogP contribution >= 0.6 is 0 Å². The van der Waals surface area contributed by atoms with Crippen LogP contribution in [0.1, 0.15) is 33.1 Å². The van der Waals surface area contributed by atoms with Gasteiger partial charge in [-0.05, 0) is 13.8 Å². The number of aliphatic carboxylic acids is 2. The first-order valence-corrected chi connectivity index (χ1v) is 6.57. The first-order chi connectivity index (χ1) is 8.94. The summed E-state index contributed by atoms with van der Waals surface area (Å²) in [6.45, 7) is 3.24. The lowest BCUT2D eigenvalue weighted by Gasteiger charge is -2.49. The highest BCUT2D eigenvalue weighted by Crippen LogP contribution is 2.31. The molecule has 0 fully saturated rings. The van der Waals surface area contributed by atoms with Crippen molar-refractivity contribution in [2.45, 2.75) is 50.9 Å². The molecule has 3 atom stereocenters.